The van der Waals surface area contributed by atoms with Crippen LogP contribution < -0.4 is 16.4 Å². The van der Waals surface area contributed by atoms with Gasteiger partial charge < -0.3 is 16.4 Å². The molecule has 0 bridgehead atoms. The van der Waals surface area contributed by atoms with Crippen molar-refractivity contribution < 1.29 is 9.59 Å². The van der Waals surface area contributed by atoms with Gasteiger partial charge in [0, 0.05) is 12.1 Å². The average Bonchev–Trinajstić information content (AvgIpc) is 2.52. The first-order chi connectivity index (χ1) is 10.5. The van der Waals surface area contributed by atoms with E-state index >= 15 is 0 Å². The van der Waals surface area contributed by atoms with Crippen LogP contribution in [0.3, 0.4) is 0 Å². The summed E-state index contributed by atoms with van der Waals surface area (Å²) >= 11 is 4.91. The highest BCUT2D eigenvalue weighted by molar-refractivity contribution is 7.80. The fraction of sp³-hybridized carbons (Fsp3) is 0.438. The van der Waals surface area contributed by atoms with Gasteiger partial charge in [-0.3, -0.25) is 9.59 Å². The summed E-state index contributed by atoms with van der Waals surface area (Å²) in [5.74, 6) is -0.412. The predicted octanol–water partition coefficient (Wildman–Crippen LogP) is 1.84. The summed E-state index contributed by atoms with van der Waals surface area (Å²) in [6.45, 7) is 2.59. The summed E-state index contributed by atoms with van der Waals surface area (Å²) in [6.07, 6.45) is 2.32. The first-order valence-electron chi connectivity index (χ1n) is 7.36. The lowest BCUT2D eigenvalue weighted by molar-refractivity contribution is -0.122. The zero-order chi connectivity index (χ0) is 16.4. The number of thiocarbonyl (C=S) groups is 1. The van der Waals surface area contributed by atoms with Crippen molar-refractivity contribution in [3.05, 3.63) is 35.9 Å². The van der Waals surface area contributed by atoms with Crippen LogP contribution in [0.2, 0.25) is 0 Å². The Labute approximate surface area is 148 Å². The fourth-order valence-electron chi connectivity index (χ4n) is 1.91. The van der Waals surface area contributed by atoms with Gasteiger partial charge in [-0.25, -0.2) is 0 Å². The number of carbonyl (C=O) groups excluding carboxylic acids is 2. The Balaban J connectivity index is 0.00000484. The first kappa shape index (κ1) is 21.5. The predicted molar refractivity (Wildman–Crippen MR) is 99.1 cm³/mol. The number of rotatable bonds is 9. The zero-order valence-corrected chi connectivity index (χ0v) is 14.8. The molecule has 0 unspecified atom stereocenters. The van der Waals surface area contributed by atoms with Gasteiger partial charge in [0.05, 0.1) is 17.6 Å². The van der Waals surface area contributed by atoms with Crippen molar-refractivity contribution in [2.24, 2.45) is 5.73 Å². The summed E-state index contributed by atoms with van der Waals surface area (Å²) in [6, 6.07) is 8.27. The Kier molecular flexibility index (Phi) is 11.2. The van der Waals surface area contributed by atoms with Gasteiger partial charge in [-0.2, -0.15) is 0 Å². The average molecular weight is 358 g/mol. The third-order valence-corrected chi connectivity index (χ3v) is 3.32. The van der Waals surface area contributed by atoms with Gasteiger partial charge in [0.2, 0.25) is 5.91 Å². The van der Waals surface area contributed by atoms with Crippen molar-refractivity contribution in [1.29, 1.82) is 0 Å². The molecule has 0 fully saturated rings. The molecular weight excluding hydrogens is 334 g/mol. The Bertz CT molecular complexity index is 511. The van der Waals surface area contributed by atoms with Gasteiger partial charge in [0.1, 0.15) is 0 Å². The van der Waals surface area contributed by atoms with Crippen molar-refractivity contribution in [3.63, 3.8) is 0 Å². The SMILES string of the molecule is CC(=S)NCCCC[C@H](N)C(=O)NCC(=O)c1ccccc1.Cl. The topological polar surface area (TPSA) is 84.2 Å². The van der Waals surface area contributed by atoms with Gasteiger partial charge in [0.25, 0.3) is 0 Å². The number of Topliss-reactive ketones (excluding diaryl/α,β-unsaturated/α-hetero) is 1. The number of carbonyl (C=O) groups is 2. The molecule has 1 rings (SSSR count). The van der Waals surface area contributed by atoms with Gasteiger partial charge in [-0.1, -0.05) is 42.5 Å². The molecule has 0 heterocycles. The smallest absolute Gasteiger partial charge is 0.237 e. The van der Waals surface area contributed by atoms with E-state index in [-0.39, 0.29) is 30.6 Å². The molecule has 0 aliphatic rings. The number of ketones is 1. The van der Waals surface area contributed by atoms with E-state index in [9.17, 15) is 9.59 Å². The molecular formula is C16H24ClN3O2S. The van der Waals surface area contributed by atoms with Crippen molar-refractivity contribution >= 4 is 41.3 Å². The number of amides is 1. The van der Waals surface area contributed by atoms with E-state index in [0.29, 0.717) is 12.0 Å². The number of benzene rings is 1. The molecule has 5 nitrogen and oxygen atoms in total. The Hall–Kier alpha value is -1.50. The molecule has 23 heavy (non-hydrogen) atoms. The van der Waals surface area contributed by atoms with E-state index in [1.54, 1.807) is 24.3 Å². The quantitative estimate of drug-likeness (QED) is 0.357. The number of hydrogen-bond acceptors (Lipinski definition) is 4. The van der Waals surface area contributed by atoms with Crippen LogP contribution in [-0.4, -0.2) is 35.8 Å². The Morgan fingerprint density at radius 2 is 1.83 bits per heavy atom. The van der Waals surface area contributed by atoms with Crippen LogP contribution in [0.1, 0.15) is 36.5 Å². The third-order valence-electron chi connectivity index (χ3n) is 3.17. The third kappa shape index (κ3) is 9.28. The summed E-state index contributed by atoms with van der Waals surface area (Å²) in [4.78, 5) is 24.5. The molecule has 128 valence electrons. The van der Waals surface area contributed by atoms with Crippen LogP contribution in [0, 0.1) is 0 Å². The van der Waals surface area contributed by atoms with Gasteiger partial charge in [-0.05, 0) is 26.2 Å². The van der Waals surface area contributed by atoms with E-state index in [4.69, 9.17) is 18.0 Å². The lowest BCUT2D eigenvalue weighted by atomic mass is 10.1. The second-order valence-electron chi connectivity index (χ2n) is 5.09. The lowest BCUT2D eigenvalue weighted by Crippen LogP contribution is -2.42. The van der Waals surface area contributed by atoms with Crippen LogP contribution in [0.15, 0.2) is 30.3 Å². The van der Waals surface area contributed by atoms with Crippen molar-refractivity contribution in [3.8, 4) is 0 Å². The van der Waals surface area contributed by atoms with E-state index in [1.807, 2.05) is 13.0 Å². The first-order valence-corrected chi connectivity index (χ1v) is 7.77. The van der Waals surface area contributed by atoms with Crippen LogP contribution >= 0.6 is 24.6 Å². The standard InChI is InChI=1S/C16H23N3O2S.ClH/c1-12(22)18-10-6-5-9-14(17)16(21)19-11-15(20)13-7-3-2-4-8-13;/h2-4,7-8,14H,5-6,9-11,17H2,1H3,(H,18,22)(H,19,21);1H/t14-;/m0./s1. The zero-order valence-electron chi connectivity index (χ0n) is 13.2. The second-order valence-corrected chi connectivity index (χ2v) is 5.70. The maximum atomic E-state index is 11.9. The fourth-order valence-corrected chi connectivity index (χ4v) is 2.01. The molecule has 0 spiro atoms. The second kappa shape index (κ2) is 12.0. The monoisotopic (exact) mass is 357 g/mol. The summed E-state index contributed by atoms with van der Waals surface area (Å²) in [5.41, 5.74) is 6.40. The summed E-state index contributed by atoms with van der Waals surface area (Å²) in [5, 5.41) is 5.64. The number of nitrogens with one attached hydrogen (secondary N) is 2. The molecule has 0 aliphatic heterocycles. The molecule has 0 saturated heterocycles. The minimum absolute atomic E-state index is 0. The highest BCUT2D eigenvalue weighted by Crippen LogP contribution is 2.01. The van der Waals surface area contributed by atoms with Crippen LogP contribution in [0.25, 0.3) is 0 Å². The minimum Gasteiger partial charge on any atom is -0.380 e. The van der Waals surface area contributed by atoms with Crippen molar-refractivity contribution in [2.45, 2.75) is 32.2 Å². The summed E-state index contributed by atoms with van der Waals surface area (Å²) in [7, 11) is 0. The van der Waals surface area contributed by atoms with Crippen LogP contribution in [0.5, 0.6) is 0 Å². The number of unbranched alkanes of at least 4 members (excludes halogenated alkanes) is 1. The lowest BCUT2D eigenvalue weighted by Gasteiger charge is -2.12. The Morgan fingerprint density at radius 1 is 1.17 bits per heavy atom. The Morgan fingerprint density at radius 3 is 2.43 bits per heavy atom. The van der Waals surface area contributed by atoms with Crippen LogP contribution in [-0.2, 0) is 4.79 Å². The van der Waals surface area contributed by atoms with Crippen molar-refractivity contribution in [2.75, 3.05) is 13.1 Å². The highest BCUT2D eigenvalue weighted by Gasteiger charge is 2.14. The molecule has 0 saturated carbocycles. The molecule has 0 aromatic heterocycles. The van der Waals surface area contributed by atoms with Gasteiger partial charge >= 0.3 is 0 Å². The van der Waals surface area contributed by atoms with Gasteiger partial charge in [-0.15, -0.1) is 12.4 Å². The number of hydrogen-bond donors (Lipinski definition) is 3. The van der Waals surface area contributed by atoms with E-state index < -0.39 is 6.04 Å². The molecule has 1 amide bonds. The maximum Gasteiger partial charge on any atom is 0.237 e. The van der Waals surface area contributed by atoms with E-state index in [0.717, 1.165) is 24.4 Å². The number of nitrogens with two attached hydrogens (primary N) is 1. The highest BCUT2D eigenvalue weighted by atomic mass is 35.5. The largest absolute Gasteiger partial charge is 0.380 e. The van der Waals surface area contributed by atoms with E-state index in [2.05, 4.69) is 10.6 Å². The molecule has 4 N–H and O–H groups in total. The molecule has 7 heteroatoms. The maximum absolute atomic E-state index is 11.9. The minimum atomic E-state index is -0.586. The molecule has 1 atom stereocenters. The molecule has 1 aromatic carbocycles. The molecule has 0 aliphatic carbocycles. The van der Waals surface area contributed by atoms with Gasteiger partial charge in [0.15, 0.2) is 5.78 Å². The molecule has 0 radical (unpaired) electrons. The molecule has 1 aromatic rings. The van der Waals surface area contributed by atoms with Crippen molar-refractivity contribution in [1.82, 2.24) is 10.6 Å². The van der Waals surface area contributed by atoms with E-state index in [1.165, 1.54) is 0 Å². The van der Waals surface area contributed by atoms with Crippen LogP contribution in [0.4, 0.5) is 0 Å². The number of halogens is 1. The summed E-state index contributed by atoms with van der Waals surface area (Å²) < 4.78 is 0. The normalized spacial score (nSPS) is 11.0.